The third-order valence-corrected chi connectivity index (χ3v) is 2.22. The van der Waals surface area contributed by atoms with E-state index in [1.54, 1.807) is 0 Å². The Hall–Kier alpha value is 0.00948. The summed E-state index contributed by atoms with van der Waals surface area (Å²) in [6, 6.07) is 0. The van der Waals surface area contributed by atoms with Crippen molar-refractivity contribution in [3.05, 3.63) is 0 Å². The van der Waals surface area contributed by atoms with E-state index in [1.165, 1.54) is 19.3 Å². The molecule has 0 bridgehead atoms. The first-order valence-corrected chi connectivity index (χ1v) is 4.99. The van der Waals surface area contributed by atoms with Crippen LogP contribution < -0.4 is 0 Å². The van der Waals surface area contributed by atoms with Crippen LogP contribution in [0.5, 0.6) is 0 Å². The van der Waals surface area contributed by atoms with Crippen LogP contribution in [0.25, 0.3) is 0 Å². The molecule has 0 aliphatic carbocycles. The second kappa shape index (κ2) is 7.01. The van der Waals surface area contributed by atoms with Crippen LogP contribution in [0, 0.1) is 10.2 Å². The van der Waals surface area contributed by atoms with Gasteiger partial charge in [0.25, 0.3) is 0 Å². The molecular formula is C6H11NSe. The van der Waals surface area contributed by atoms with Crippen molar-refractivity contribution in [2.24, 2.45) is 0 Å². The number of hydrogen-bond donors (Lipinski definition) is 0. The summed E-state index contributed by atoms with van der Waals surface area (Å²) in [6.07, 6.45) is 3.81. The molecule has 0 N–H and O–H groups in total. The van der Waals surface area contributed by atoms with Crippen LogP contribution in [0.4, 0.5) is 0 Å². The summed E-state index contributed by atoms with van der Waals surface area (Å²) in [6.45, 7) is 2.18. The molecule has 0 saturated heterocycles. The predicted octanol–water partition coefficient (Wildman–Crippen LogP) is 1.78. The average Bonchev–Trinajstić information content (AvgIpc) is 1.81. The number of nitrogens with zero attached hydrogens (tertiary/aromatic N) is 1. The standard InChI is InChI=1S/C6H11NSe/c1-2-3-4-5-8-6-7/h2-5H2,1H3. The molecule has 0 aliphatic rings. The Kier molecular flexibility index (Phi) is 7.02. The minimum atomic E-state index is 0.273. The third-order valence-electron chi connectivity index (χ3n) is 0.915. The summed E-state index contributed by atoms with van der Waals surface area (Å²) in [5.41, 5.74) is 0. The van der Waals surface area contributed by atoms with E-state index >= 15 is 0 Å². The van der Waals surface area contributed by atoms with Crippen LogP contribution in [0.2, 0.25) is 5.32 Å². The molecule has 46 valence electrons. The predicted molar refractivity (Wildman–Crippen MR) is 35.7 cm³/mol. The van der Waals surface area contributed by atoms with Gasteiger partial charge in [-0.1, -0.05) is 0 Å². The van der Waals surface area contributed by atoms with Crippen molar-refractivity contribution in [3.8, 4) is 4.97 Å². The van der Waals surface area contributed by atoms with Crippen molar-refractivity contribution < 1.29 is 0 Å². The van der Waals surface area contributed by atoms with E-state index in [0.717, 1.165) is 5.32 Å². The van der Waals surface area contributed by atoms with E-state index in [1.807, 2.05) is 0 Å². The van der Waals surface area contributed by atoms with Crippen LogP contribution in [0.15, 0.2) is 0 Å². The van der Waals surface area contributed by atoms with Crippen molar-refractivity contribution in [1.29, 1.82) is 5.26 Å². The van der Waals surface area contributed by atoms with Gasteiger partial charge in [-0.2, -0.15) is 0 Å². The fourth-order valence-electron chi connectivity index (χ4n) is 0.470. The van der Waals surface area contributed by atoms with E-state index in [-0.39, 0.29) is 15.0 Å². The average molecular weight is 176 g/mol. The maximum atomic E-state index is 8.14. The van der Waals surface area contributed by atoms with Gasteiger partial charge in [0.1, 0.15) is 0 Å². The Morgan fingerprint density at radius 1 is 1.50 bits per heavy atom. The van der Waals surface area contributed by atoms with Gasteiger partial charge in [0, 0.05) is 0 Å². The van der Waals surface area contributed by atoms with Crippen LogP contribution >= 0.6 is 0 Å². The van der Waals surface area contributed by atoms with Gasteiger partial charge >= 0.3 is 56.7 Å². The molecule has 0 aromatic heterocycles. The normalized spacial score (nSPS) is 8.50. The first kappa shape index (κ1) is 8.01. The van der Waals surface area contributed by atoms with E-state index in [2.05, 4.69) is 11.9 Å². The summed E-state index contributed by atoms with van der Waals surface area (Å²) in [4.78, 5) is 2.19. The molecule has 0 heterocycles. The Balaban J connectivity index is 2.65. The first-order valence-electron chi connectivity index (χ1n) is 2.92. The summed E-state index contributed by atoms with van der Waals surface area (Å²) in [7, 11) is 0. The number of nitriles is 1. The fourth-order valence-corrected chi connectivity index (χ4v) is 1.39. The van der Waals surface area contributed by atoms with Crippen molar-refractivity contribution in [1.82, 2.24) is 0 Å². The summed E-state index contributed by atoms with van der Waals surface area (Å²) in [5.74, 6) is 0. The van der Waals surface area contributed by atoms with Crippen LogP contribution in [0.1, 0.15) is 26.2 Å². The van der Waals surface area contributed by atoms with Gasteiger partial charge in [-0.25, -0.2) is 0 Å². The van der Waals surface area contributed by atoms with Crippen molar-refractivity contribution in [2.75, 3.05) is 0 Å². The topological polar surface area (TPSA) is 23.8 Å². The molecule has 0 saturated carbocycles. The van der Waals surface area contributed by atoms with E-state index in [0.29, 0.717) is 0 Å². The first-order chi connectivity index (χ1) is 3.91. The zero-order valence-corrected chi connectivity index (χ0v) is 6.90. The van der Waals surface area contributed by atoms with Crippen molar-refractivity contribution in [3.63, 3.8) is 0 Å². The van der Waals surface area contributed by atoms with Gasteiger partial charge in [0.15, 0.2) is 0 Å². The molecule has 0 fully saturated rings. The molecule has 0 unspecified atom stereocenters. The Bertz CT molecular complexity index is 75.1. The summed E-state index contributed by atoms with van der Waals surface area (Å²) in [5, 5.41) is 9.29. The molecule has 1 nitrogen and oxygen atoms in total. The fraction of sp³-hybridized carbons (Fsp3) is 0.833. The molecule has 0 radical (unpaired) electrons. The zero-order valence-electron chi connectivity index (χ0n) is 5.18. The molecule has 0 aromatic carbocycles. The minimum absolute atomic E-state index is 0.273. The monoisotopic (exact) mass is 177 g/mol. The maximum absolute atomic E-state index is 8.14. The third kappa shape index (κ3) is 6.01. The molecule has 0 aromatic rings. The van der Waals surface area contributed by atoms with Crippen LogP contribution in [0.3, 0.4) is 0 Å². The Morgan fingerprint density at radius 3 is 2.75 bits per heavy atom. The summed E-state index contributed by atoms with van der Waals surface area (Å²) >= 11 is 0.273. The van der Waals surface area contributed by atoms with Gasteiger partial charge in [0.2, 0.25) is 0 Å². The van der Waals surface area contributed by atoms with Crippen LogP contribution in [-0.4, -0.2) is 15.0 Å². The Labute approximate surface area is 57.2 Å². The van der Waals surface area contributed by atoms with E-state index in [9.17, 15) is 0 Å². The van der Waals surface area contributed by atoms with Crippen LogP contribution in [-0.2, 0) is 0 Å². The number of rotatable bonds is 4. The van der Waals surface area contributed by atoms with Gasteiger partial charge in [0.05, 0.1) is 0 Å². The molecule has 0 aliphatic heterocycles. The van der Waals surface area contributed by atoms with Crippen molar-refractivity contribution in [2.45, 2.75) is 31.5 Å². The van der Waals surface area contributed by atoms with Gasteiger partial charge in [-0.05, 0) is 0 Å². The number of hydrogen-bond acceptors (Lipinski definition) is 1. The van der Waals surface area contributed by atoms with E-state index in [4.69, 9.17) is 5.26 Å². The second-order valence-corrected chi connectivity index (χ2v) is 3.49. The molecule has 0 atom stereocenters. The molecule has 8 heavy (non-hydrogen) atoms. The molecule has 2 heteroatoms. The summed E-state index contributed by atoms with van der Waals surface area (Å²) < 4.78 is 0. The number of unbranched alkanes of at least 4 members (excludes halogenated alkanes) is 2. The second-order valence-electron chi connectivity index (χ2n) is 1.65. The zero-order chi connectivity index (χ0) is 6.24. The Morgan fingerprint density at radius 2 is 2.25 bits per heavy atom. The van der Waals surface area contributed by atoms with Gasteiger partial charge in [-0.15, -0.1) is 0 Å². The van der Waals surface area contributed by atoms with Gasteiger partial charge in [-0.3, -0.25) is 0 Å². The van der Waals surface area contributed by atoms with Gasteiger partial charge < -0.3 is 0 Å². The van der Waals surface area contributed by atoms with E-state index < -0.39 is 0 Å². The quantitative estimate of drug-likeness (QED) is 0.473. The molecule has 0 rings (SSSR count). The SMILES string of the molecule is CCCCC[Se]C#N. The molecular weight excluding hydrogens is 165 g/mol. The van der Waals surface area contributed by atoms with Crippen molar-refractivity contribution >= 4 is 15.0 Å². The molecule has 0 amide bonds. The molecule has 0 spiro atoms.